The number of hydrogen-bond acceptors (Lipinski definition) is 3. The monoisotopic (exact) mass is 355 g/mol. The fraction of sp³-hybridized carbons (Fsp3) is 0.300. The molecule has 2 aromatic rings. The van der Waals surface area contributed by atoms with Crippen LogP contribution in [-0.4, -0.2) is 24.4 Å². The second-order valence-corrected chi connectivity index (χ2v) is 6.37. The summed E-state index contributed by atoms with van der Waals surface area (Å²) in [5.41, 5.74) is 3.43. The predicted molar refractivity (Wildman–Crippen MR) is 101 cm³/mol. The van der Waals surface area contributed by atoms with Gasteiger partial charge in [-0.25, -0.2) is 4.39 Å². The summed E-state index contributed by atoms with van der Waals surface area (Å²) in [6, 6.07) is 11.1. The van der Waals surface area contributed by atoms with Crippen LogP contribution >= 0.6 is 0 Å². The summed E-state index contributed by atoms with van der Waals surface area (Å²) in [6.45, 7) is 4.18. The predicted octanol–water partition coefficient (Wildman–Crippen LogP) is 3.56. The van der Waals surface area contributed by atoms with Crippen molar-refractivity contribution in [2.45, 2.75) is 32.7 Å². The van der Waals surface area contributed by atoms with Gasteiger partial charge in [-0.2, -0.15) is 0 Å². The molecule has 1 heterocycles. The summed E-state index contributed by atoms with van der Waals surface area (Å²) in [6.07, 6.45) is 1.41. The van der Waals surface area contributed by atoms with Crippen molar-refractivity contribution < 1.29 is 14.0 Å². The standard InChI is InChI=1S/C20H22FN3O2/c1-3-18(20(26)23-16-6-4-15(21)5-7-16)22-17-8-9-19-14(12-17)10-11-24(19)13(2)25/h4-9,12,18,22H,3,10-11H2,1-2H3,(H,23,26). The van der Waals surface area contributed by atoms with Crippen molar-refractivity contribution in [3.05, 3.63) is 53.8 Å². The molecule has 0 fully saturated rings. The normalized spacial score (nSPS) is 13.9. The van der Waals surface area contributed by atoms with Crippen LogP contribution in [0.25, 0.3) is 0 Å². The first kappa shape index (κ1) is 17.9. The number of nitrogens with zero attached hydrogens (tertiary/aromatic N) is 1. The van der Waals surface area contributed by atoms with Crippen molar-refractivity contribution in [1.82, 2.24) is 0 Å². The van der Waals surface area contributed by atoms with E-state index in [1.54, 1.807) is 11.8 Å². The Morgan fingerprint density at radius 3 is 2.50 bits per heavy atom. The Kier molecular flexibility index (Phi) is 5.21. The van der Waals surface area contributed by atoms with Crippen LogP contribution in [0.1, 0.15) is 25.8 Å². The molecule has 1 aliphatic heterocycles. The van der Waals surface area contributed by atoms with E-state index in [2.05, 4.69) is 10.6 Å². The zero-order valence-corrected chi connectivity index (χ0v) is 14.9. The third-order valence-electron chi connectivity index (χ3n) is 4.53. The summed E-state index contributed by atoms with van der Waals surface area (Å²) in [7, 11) is 0. The molecule has 3 rings (SSSR count). The van der Waals surface area contributed by atoms with Gasteiger partial charge in [-0.05, 0) is 60.9 Å². The zero-order chi connectivity index (χ0) is 18.7. The van der Waals surface area contributed by atoms with Crippen LogP contribution in [0.2, 0.25) is 0 Å². The van der Waals surface area contributed by atoms with Crippen molar-refractivity contribution in [2.24, 2.45) is 0 Å². The number of hydrogen-bond donors (Lipinski definition) is 2. The lowest BCUT2D eigenvalue weighted by molar-refractivity contribution is -0.117. The largest absolute Gasteiger partial charge is 0.374 e. The Morgan fingerprint density at radius 1 is 1.15 bits per heavy atom. The second kappa shape index (κ2) is 7.56. The van der Waals surface area contributed by atoms with E-state index in [0.717, 1.165) is 23.4 Å². The number of anilines is 3. The lowest BCUT2D eigenvalue weighted by atomic mass is 10.1. The van der Waals surface area contributed by atoms with Gasteiger partial charge in [0.05, 0.1) is 0 Å². The molecule has 0 bridgehead atoms. The molecule has 0 radical (unpaired) electrons. The molecule has 0 saturated heterocycles. The van der Waals surface area contributed by atoms with Crippen LogP contribution in [0.15, 0.2) is 42.5 Å². The maximum Gasteiger partial charge on any atom is 0.246 e. The molecule has 5 nitrogen and oxygen atoms in total. The van der Waals surface area contributed by atoms with Crippen molar-refractivity contribution >= 4 is 28.9 Å². The average molecular weight is 355 g/mol. The lowest BCUT2D eigenvalue weighted by Gasteiger charge is -2.19. The van der Waals surface area contributed by atoms with E-state index in [1.807, 2.05) is 25.1 Å². The third-order valence-corrected chi connectivity index (χ3v) is 4.53. The minimum Gasteiger partial charge on any atom is -0.374 e. The van der Waals surface area contributed by atoms with E-state index in [9.17, 15) is 14.0 Å². The molecular weight excluding hydrogens is 333 g/mol. The van der Waals surface area contributed by atoms with E-state index in [0.29, 0.717) is 18.7 Å². The van der Waals surface area contributed by atoms with Crippen LogP contribution in [0.3, 0.4) is 0 Å². The minimum atomic E-state index is -0.414. The Bertz CT molecular complexity index is 820. The number of fused-ring (bicyclic) bond motifs is 1. The van der Waals surface area contributed by atoms with E-state index in [-0.39, 0.29) is 17.6 Å². The number of rotatable bonds is 5. The van der Waals surface area contributed by atoms with Gasteiger partial charge in [0, 0.05) is 30.5 Å². The van der Waals surface area contributed by atoms with Gasteiger partial charge in [0.25, 0.3) is 0 Å². The first-order chi connectivity index (χ1) is 12.5. The van der Waals surface area contributed by atoms with Crippen LogP contribution < -0.4 is 15.5 Å². The SMILES string of the molecule is CCC(Nc1ccc2c(c1)CCN2C(C)=O)C(=O)Nc1ccc(F)cc1. The molecular formula is C20H22FN3O2. The van der Waals surface area contributed by atoms with Crippen molar-refractivity contribution in [3.63, 3.8) is 0 Å². The molecule has 6 heteroatoms. The van der Waals surface area contributed by atoms with E-state index >= 15 is 0 Å². The summed E-state index contributed by atoms with van der Waals surface area (Å²) >= 11 is 0. The first-order valence-corrected chi connectivity index (χ1v) is 8.72. The van der Waals surface area contributed by atoms with E-state index in [4.69, 9.17) is 0 Å². The van der Waals surface area contributed by atoms with Crippen molar-refractivity contribution in [2.75, 3.05) is 22.1 Å². The van der Waals surface area contributed by atoms with Gasteiger partial charge in [0.15, 0.2) is 0 Å². The van der Waals surface area contributed by atoms with Gasteiger partial charge < -0.3 is 15.5 Å². The maximum absolute atomic E-state index is 13.0. The maximum atomic E-state index is 13.0. The summed E-state index contributed by atoms with van der Waals surface area (Å²) < 4.78 is 13.0. The molecule has 1 unspecified atom stereocenters. The molecule has 0 aliphatic carbocycles. The quantitative estimate of drug-likeness (QED) is 0.862. The molecule has 0 aromatic heterocycles. The molecule has 1 atom stereocenters. The van der Waals surface area contributed by atoms with Crippen LogP contribution in [0.5, 0.6) is 0 Å². The first-order valence-electron chi connectivity index (χ1n) is 8.72. The molecule has 2 amide bonds. The fourth-order valence-electron chi connectivity index (χ4n) is 3.14. The van der Waals surface area contributed by atoms with Gasteiger partial charge in [-0.15, -0.1) is 0 Å². The Labute approximate surface area is 152 Å². The molecule has 1 aliphatic rings. The molecule has 0 saturated carbocycles. The molecule has 2 N–H and O–H groups in total. The topological polar surface area (TPSA) is 61.4 Å². The van der Waals surface area contributed by atoms with Crippen molar-refractivity contribution in [3.8, 4) is 0 Å². The smallest absolute Gasteiger partial charge is 0.246 e. The lowest BCUT2D eigenvalue weighted by Crippen LogP contribution is -2.34. The number of amides is 2. The van der Waals surface area contributed by atoms with E-state index in [1.165, 1.54) is 24.3 Å². The average Bonchev–Trinajstić information content (AvgIpc) is 3.05. The van der Waals surface area contributed by atoms with Crippen LogP contribution in [-0.2, 0) is 16.0 Å². The number of carbonyl (C=O) groups excluding carboxylic acids is 2. The Balaban J connectivity index is 1.69. The summed E-state index contributed by atoms with van der Waals surface area (Å²) in [5.74, 6) is -0.481. The van der Waals surface area contributed by atoms with Gasteiger partial charge in [0.1, 0.15) is 11.9 Å². The van der Waals surface area contributed by atoms with Gasteiger partial charge >= 0.3 is 0 Å². The van der Waals surface area contributed by atoms with Gasteiger partial charge in [-0.3, -0.25) is 9.59 Å². The molecule has 0 spiro atoms. The van der Waals surface area contributed by atoms with Crippen molar-refractivity contribution in [1.29, 1.82) is 0 Å². The number of nitrogens with one attached hydrogen (secondary N) is 2. The van der Waals surface area contributed by atoms with Crippen LogP contribution in [0.4, 0.5) is 21.5 Å². The highest BCUT2D eigenvalue weighted by Crippen LogP contribution is 2.30. The third kappa shape index (κ3) is 3.85. The highest BCUT2D eigenvalue weighted by Gasteiger charge is 2.23. The highest BCUT2D eigenvalue weighted by molar-refractivity contribution is 5.97. The summed E-state index contributed by atoms with van der Waals surface area (Å²) in [4.78, 5) is 25.9. The highest BCUT2D eigenvalue weighted by atomic mass is 19.1. The molecule has 2 aromatic carbocycles. The molecule has 26 heavy (non-hydrogen) atoms. The summed E-state index contributed by atoms with van der Waals surface area (Å²) in [5, 5.41) is 6.04. The van der Waals surface area contributed by atoms with E-state index < -0.39 is 6.04 Å². The number of halogens is 1. The second-order valence-electron chi connectivity index (χ2n) is 6.37. The Morgan fingerprint density at radius 2 is 1.85 bits per heavy atom. The number of benzene rings is 2. The van der Waals surface area contributed by atoms with Crippen LogP contribution in [0, 0.1) is 5.82 Å². The molecule has 136 valence electrons. The fourth-order valence-corrected chi connectivity index (χ4v) is 3.14. The van der Waals surface area contributed by atoms with Gasteiger partial charge in [-0.1, -0.05) is 6.92 Å². The number of carbonyl (C=O) groups is 2. The Hall–Kier alpha value is -2.89. The zero-order valence-electron chi connectivity index (χ0n) is 14.9. The minimum absolute atomic E-state index is 0.0366. The van der Waals surface area contributed by atoms with Gasteiger partial charge in [0.2, 0.25) is 11.8 Å².